The molecule has 0 fully saturated rings. The molecule has 0 saturated heterocycles. The molecule has 6 heteroatoms. The van der Waals surface area contributed by atoms with Crippen molar-refractivity contribution in [2.75, 3.05) is 7.11 Å². The number of nitrogens with zero attached hydrogens (tertiary/aromatic N) is 2. The molecule has 0 bridgehead atoms. The lowest BCUT2D eigenvalue weighted by molar-refractivity contribution is -0.0170. The lowest BCUT2D eigenvalue weighted by Gasteiger charge is -2.47. The number of aliphatic hydroxyl groups excluding tert-OH is 1. The van der Waals surface area contributed by atoms with Crippen molar-refractivity contribution in [1.82, 2.24) is 4.90 Å². The Kier molecular flexibility index (Phi) is 7.10. The molecule has 1 N–H and O–H groups in total. The summed E-state index contributed by atoms with van der Waals surface area (Å²) in [5.41, 5.74) is 0.602. The molecule has 1 heterocycles. The van der Waals surface area contributed by atoms with E-state index in [1.165, 1.54) is 0 Å². The molecule has 1 amide bonds. The summed E-state index contributed by atoms with van der Waals surface area (Å²) >= 11 is 0. The van der Waals surface area contributed by atoms with Gasteiger partial charge in [-0.25, -0.2) is 9.79 Å². The maximum atomic E-state index is 13.1. The van der Waals surface area contributed by atoms with Crippen LogP contribution in [0.15, 0.2) is 35.3 Å². The van der Waals surface area contributed by atoms with Crippen LogP contribution in [-0.4, -0.2) is 47.4 Å². The van der Waals surface area contributed by atoms with Crippen molar-refractivity contribution >= 4 is 12.0 Å². The van der Waals surface area contributed by atoms with Crippen LogP contribution in [0.5, 0.6) is 0 Å². The number of ether oxygens (including phenoxy) is 2. The van der Waals surface area contributed by atoms with E-state index in [0.717, 1.165) is 5.56 Å². The van der Waals surface area contributed by atoms with Gasteiger partial charge in [0.2, 0.25) is 0 Å². The van der Waals surface area contributed by atoms with Crippen molar-refractivity contribution in [3.63, 3.8) is 0 Å². The van der Waals surface area contributed by atoms with Gasteiger partial charge in [0.25, 0.3) is 0 Å². The minimum atomic E-state index is -0.681. The topological polar surface area (TPSA) is 71.4 Å². The van der Waals surface area contributed by atoms with E-state index in [1.54, 1.807) is 12.0 Å². The first-order valence-corrected chi connectivity index (χ1v) is 9.86. The second-order valence-electron chi connectivity index (χ2n) is 8.86. The molecule has 0 saturated carbocycles. The van der Waals surface area contributed by atoms with Crippen LogP contribution in [0.2, 0.25) is 0 Å². The molecule has 6 nitrogen and oxygen atoms in total. The lowest BCUT2D eigenvalue weighted by Crippen LogP contribution is -2.60. The summed E-state index contributed by atoms with van der Waals surface area (Å²) in [4.78, 5) is 19.5. The van der Waals surface area contributed by atoms with Crippen LogP contribution in [-0.2, 0) is 16.1 Å². The Labute approximate surface area is 168 Å². The van der Waals surface area contributed by atoms with Crippen molar-refractivity contribution in [3.8, 4) is 0 Å². The van der Waals surface area contributed by atoms with Crippen LogP contribution < -0.4 is 0 Å². The number of carbonyl (C=O) groups is 1. The SMILES string of the molecule is COC1=N[C@@H](C(C)(C)C)N(C(=O)OCc2ccccc2)[C@@H](C)[C@@H]1[C@@H](O)C(C)C. The number of methoxy groups -OCH3 is 1. The summed E-state index contributed by atoms with van der Waals surface area (Å²) in [7, 11) is 1.56. The van der Waals surface area contributed by atoms with Gasteiger partial charge in [0, 0.05) is 11.5 Å². The highest BCUT2D eigenvalue weighted by molar-refractivity contribution is 5.83. The third-order valence-corrected chi connectivity index (χ3v) is 5.21. The molecule has 0 radical (unpaired) electrons. The molecule has 1 aromatic rings. The molecular weight excluding hydrogens is 356 g/mol. The van der Waals surface area contributed by atoms with E-state index < -0.39 is 24.3 Å². The Morgan fingerprint density at radius 3 is 2.36 bits per heavy atom. The Morgan fingerprint density at radius 1 is 1.25 bits per heavy atom. The summed E-state index contributed by atoms with van der Waals surface area (Å²) in [6.45, 7) is 12.1. The van der Waals surface area contributed by atoms with Crippen LogP contribution in [0.25, 0.3) is 0 Å². The van der Waals surface area contributed by atoms with Gasteiger partial charge in [0.05, 0.1) is 19.1 Å². The summed E-state index contributed by atoms with van der Waals surface area (Å²) in [6, 6.07) is 9.26. The molecule has 1 aromatic carbocycles. The second-order valence-corrected chi connectivity index (χ2v) is 8.86. The zero-order valence-electron chi connectivity index (χ0n) is 18.0. The fourth-order valence-corrected chi connectivity index (χ4v) is 3.58. The molecule has 4 atom stereocenters. The van der Waals surface area contributed by atoms with Gasteiger partial charge in [0.1, 0.15) is 12.8 Å². The molecule has 0 spiro atoms. The lowest BCUT2D eigenvalue weighted by atomic mass is 9.82. The van der Waals surface area contributed by atoms with E-state index in [0.29, 0.717) is 5.90 Å². The first-order valence-electron chi connectivity index (χ1n) is 9.86. The largest absolute Gasteiger partial charge is 0.484 e. The average Bonchev–Trinajstić information content (AvgIpc) is 2.64. The van der Waals surface area contributed by atoms with Gasteiger partial charge in [-0.3, -0.25) is 4.90 Å². The monoisotopic (exact) mass is 390 g/mol. The van der Waals surface area contributed by atoms with E-state index >= 15 is 0 Å². The summed E-state index contributed by atoms with van der Waals surface area (Å²) in [6.07, 6.45) is -1.56. The fourth-order valence-electron chi connectivity index (χ4n) is 3.58. The summed E-state index contributed by atoms with van der Waals surface area (Å²) < 4.78 is 11.2. The van der Waals surface area contributed by atoms with E-state index in [-0.39, 0.29) is 24.0 Å². The third kappa shape index (κ3) is 4.85. The molecular formula is C22H34N2O4. The zero-order valence-corrected chi connectivity index (χ0v) is 18.0. The number of hydrogen-bond acceptors (Lipinski definition) is 5. The number of benzene rings is 1. The second kappa shape index (κ2) is 8.95. The van der Waals surface area contributed by atoms with Gasteiger partial charge in [-0.15, -0.1) is 0 Å². The van der Waals surface area contributed by atoms with Crippen LogP contribution >= 0.6 is 0 Å². The number of hydrogen-bond donors (Lipinski definition) is 1. The number of aliphatic hydroxyl groups is 1. The molecule has 0 aromatic heterocycles. The quantitative estimate of drug-likeness (QED) is 0.841. The minimum Gasteiger partial charge on any atom is -0.484 e. The predicted octanol–water partition coefficient (Wildman–Crippen LogP) is 4.08. The Hall–Kier alpha value is -2.08. The average molecular weight is 391 g/mol. The Bertz CT molecular complexity index is 682. The summed E-state index contributed by atoms with van der Waals surface area (Å²) in [5.74, 6) is 0.0785. The number of rotatable bonds is 4. The molecule has 0 unspecified atom stereocenters. The van der Waals surface area contributed by atoms with Crippen LogP contribution in [0.4, 0.5) is 4.79 Å². The smallest absolute Gasteiger partial charge is 0.412 e. The molecule has 28 heavy (non-hydrogen) atoms. The molecule has 2 rings (SSSR count). The maximum Gasteiger partial charge on any atom is 0.412 e. The number of aliphatic imine (C=N–C) groups is 1. The summed E-state index contributed by atoms with van der Waals surface area (Å²) in [5, 5.41) is 10.8. The highest BCUT2D eigenvalue weighted by atomic mass is 16.6. The van der Waals surface area contributed by atoms with Gasteiger partial charge in [-0.05, 0) is 18.4 Å². The van der Waals surface area contributed by atoms with Crippen molar-refractivity contribution in [2.24, 2.45) is 22.2 Å². The number of amides is 1. The first-order chi connectivity index (χ1) is 13.1. The van der Waals surface area contributed by atoms with Crippen LogP contribution in [0.3, 0.4) is 0 Å². The van der Waals surface area contributed by atoms with Crippen molar-refractivity contribution in [1.29, 1.82) is 0 Å². The third-order valence-electron chi connectivity index (χ3n) is 5.21. The van der Waals surface area contributed by atoms with E-state index in [1.807, 2.05) is 71.9 Å². The normalized spacial score (nSPS) is 24.0. The molecule has 0 aliphatic carbocycles. The van der Waals surface area contributed by atoms with Gasteiger partial charge < -0.3 is 14.6 Å². The van der Waals surface area contributed by atoms with Crippen LogP contribution in [0.1, 0.15) is 47.1 Å². The fraction of sp³-hybridized carbons (Fsp3) is 0.636. The molecule has 1 aliphatic heterocycles. The van der Waals surface area contributed by atoms with Gasteiger partial charge >= 0.3 is 6.09 Å². The van der Waals surface area contributed by atoms with E-state index in [2.05, 4.69) is 0 Å². The minimum absolute atomic E-state index is 0.00109. The van der Waals surface area contributed by atoms with Crippen molar-refractivity contribution in [3.05, 3.63) is 35.9 Å². The van der Waals surface area contributed by atoms with E-state index in [9.17, 15) is 9.90 Å². The predicted molar refractivity (Wildman–Crippen MR) is 110 cm³/mol. The van der Waals surface area contributed by atoms with Gasteiger partial charge in [-0.1, -0.05) is 65.0 Å². The van der Waals surface area contributed by atoms with Crippen molar-refractivity contribution < 1.29 is 19.4 Å². The van der Waals surface area contributed by atoms with Crippen LogP contribution in [0, 0.1) is 17.3 Å². The maximum absolute atomic E-state index is 13.1. The zero-order chi connectivity index (χ0) is 21.1. The highest BCUT2D eigenvalue weighted by Crippen LogP contribution is 2.36. The van der Waals surface area contributed by atoms with Crippen molar-refractivity contribution in [2.45, 2.75) is 66.5 Å². The number of carbonyl (C=O) groups excluding carboxylic acids is 1. The highest BCUT2D eigenvalue weighted by Gasteiger charge is 2.48. The van der Waals surface area contributed by atoms with Gasteiger partial charge in [-0.2, -0.15) is 0 Å². The Balaban J connectivity index is 2.34. The van der Waals surface area contributed by atoms with E-state index in [4.69, 9.17) is 14.5 Å². The standard InChI is InChI=1S/C22H34N2O4/c1-14(2)18(25)17-15(3)24(20(22(4,5)6)23-19(17)27-7)21(26)28-13-16-11-9-8-10-12-16/h8-12,14-15,17-18,20,25H,13H2,1-7H3/t15-,17+,18-,20+/m0/s1. The van der Waals surface area contributed by atoms with Gasteiger partial charge in [0.15, 0.2) is 5.90 Å². The molecule has 156 valence electrons. The first kappa shape index (κ1) is 22.2. The molecule has 1 aliphatic rings. The Morgan fingerprint density at radius 2 is 1.86 bits per heavy atom.